The van der Waals surface area contributed by atoms with Gasteiger partial charge in [-0.2, -0.15) is 0 Å². The predicted molar refractivity (Wildman–Crippen MR) is 104 cm³/mol. The maximum atomic E-state index is 14.2. The third-order valence-corrected chi connectivity index (χ3v) is 4.32. The predicted octanol–water partition coefficient (Wildman–Crippen LogP) is 1.73. The number of carbonyl (C=O) groups excluding carboxylic acids is 2. The first-order chi connectivity index (χ1) is 12.9. The fourth-order valence-electron chi connectivity index (χ4n) is 2.36. The Morgan fingerprint density at radius 3 is 2.63 bits per heavy atom. The Bertz CT molecular complexity index is 840. The maximum Gasteiger partial charge on any atom is 0.278 e. The normalized spacial score (nSPS) is 10.7. The van der Waals surface area contributed by atoms with Crippen molar-refractivity contribution >= 4 is 45.8 Å². The number of rotatable bonds is 9. The lowest BCUT2D eigenvalue weighted by Crippen LogP contribution is -2.25. The Morgan fingerprint density at radius 1 is 1.26 bits per heavy atom. The summed E-state index contributed by atoms with van der Waals surface area (Å²) < 4.78 is 16.3. The lowest BCUT2D eigenvalue weighted by Gasteiger charge is -2.13. The maximum absolute atomic E-state index is 14.2. The van der Waals surface area contributed by atoms with Crippen molar-refractivity contribution < 1.29 is 29.0 Å². The van der Waals surface area contributed by atoms with Crippen molar-refractivity contribution in [3.8, 4) is 0 Å². The van der Waals surface area contributed by atoms with Crippen LogP contribution in [-0.4, -0.2) is 46.3 Å². The molecule has 2 aromatic rings. The molecule has 27 heavy (non-hydrogen) atoms. The van der Waals surface area contributed by atoms with Gasteiger partial charge in [-0.05, 0) is 46.9 Å². The van der Waals surface area contributed by atoms with Gasteiger partial charge >= 0.3 is 0 Å². The minimum atomic E-state index is -0.671. The zero-order chi connectivity index (χ0) is 20.0. The van der Waals surface area contributed by atoms with E-state index in [1.165, 1.54) is 22.8 Å². The minimum Gasteiger partial charge on any atom is -0.396 e. The quantitative estimate of drug-likeness (QED) is 0.184. The van der Waals surface area contributed by atoms with Crippen molar-refractivity contribution in [1.82, 2.24) is 10.0 Å². The van der Waals surface area contributed by atoms with Gasteiger partial charge in [0.25, 0.3) is 5.91 Å². The van der Waals surface area contributed by atoms with Crippen LogP contribution in [0.4, 0.5) is 15.9 Å². The lowest BCUT2D eigenvalue weighted by atomic mass is 10.2. The number of aliphatic hydroxyl groups excluding tert-OH is 2. The number of hydrogen-bond donors (Lipinski definition) is 4. The molecule has 0 spiro atoms. The number of halogens is 2. The van der Waals surface area contributed by atoms with Crippen molar-refractivity contribution in [2.45, 2.75) is 6.42 Å². The Morgan fingerprint density at radius 2 is 2.00 bits per heavy atom. The topological polar surface area (TPSA) is 113 Å². The first-order valence-electron chi connectivity index (χ1n) is 7.97. The van der Waals surface area contributed by atoms with Crippen molar-refractivity contribution in [2.75, 3.05) is 25.1 Å². The van der Waals surface area contributed by atoms with Gasteiger partial charge in [0, 0.05) is 17.0 Å². The summed E-state index contributed by atoms with van der Waals surface area (Å²) in [5, 5.41) is 20.6. The van der Waals surface area contributed by atoms with Crippen molar-refractivity contribution in [2.24, 2.45) is 7.05 Å². The van der Waals surface area contributed by atoms with Gasteiger partial charge < -0.3 is 20.1 Å². The molecule has 0 bridgehead atoms. The molecular weight excluding hydrogens is 472 g/mol. The van der Waals surface area contributed by atoms with Crippen LogP contribution < -0.4 is 10.8 Å². The molecule has 1 amide bonds. The van der Waals surface area contributed by atoms with Crippen LogP contribution in [0.3, 0.4) is 0 Å². The van der Waals surface area contributed by atoms with E-state index in [2.05, 4.69) is 10.8 Å². The molecule has 0 aliphatic carbocycles. The van der Waals surface area contributed by atoms with E-state index in [1.807, 2.05) is 22.6 Å². The monoisotopic (exact) mass is 491 g/mol. The lowest BCUT2D eigenvalue weighted by molar-refractivity contribution is 0.0169. The van der Waals surface area contributed by atoms with Gasteiger partial charge in [-0.25, -0.2) is 9.87 Å². The van der Waals surface area contributed by atoms with Crippen LogP contribution in [0.2, 0.25) is 0 Å². The largest absolute Gasteiger partial charge is 0.396 e. The Kier molecular flexibility index (Phi) is 7.71. The van der Waals surface area contributed by atoms with Crippen LogP contribution >= 0.6 is 22.6 Å². The molecule has 0 radical (unpaired) electrons. The molecule has 8 nitrogen and oxygen atoms in total. The molecule has 1 aromatic carbocycles. The molecule has 1 aromatic heterocycles. The van der Waals surface area contributed by atoms with Gasteiger partial charge in [-0.1, -0.05) is 0 Å². The first kappa shape index (κ1) is 21.3. The van der Waals surface area contributed by atoms with Gasteiger partial charge in [0.15, 0.2) is 5.78 Å². The third-order valence-electron chi connectivity index (χ3n) is 3.64. The number of aromatic nitrogens is 1. The van der Waals surface area contributed by atoms with Crippen molar-refractivity contribution in [3.05, 3.63) is 44.9 Å². The molecule has 0 unspecified atom stereocenters. The number of amides is 1. The van der Waals surface area contributed by atoms with Gasteiger partial charge in [0.1, 0.15) is 11.6 Å². The number of aliphatic hydroxyl groups is 2. The number of nitrogens with one attached hydrogen (secondary N) is 2. The standard InChI is InChI=1S/C17H19FIN3O5/c1-22-14(15(25)4-5-23)9-11(17(26)21-27-7-6-24)16(22)20-13-3-2-10(19)8-12(13)18/h2-3,8-9,20,23-24H,4-7H2,1H3,(H,21,26). The second-order valence-corrected chi connectivity index (χ2v) is 6.75. The number of nitrogens with zero attached hydrogens (tertiary/aromatic N) is 1. The molecule has 0 atom stereocenters. The molecule has 0 aliphatic heterocycles. The number of ketones is 1. The smallest absolute Gasteiger partial charge is 0.278 e. The average molecular weight is 491 g/mol. The number of hydroxylamine groups is 1. The van der Waals surface area contributed by atoms with Crippen LogP contribution in [0, 0.1) is 9.39 Å². The second-order valence-electron chi connectivity index (χ2n) is 5.50. The Hall–Kier alpha value is -2.02. The van der Waals surface area contributed by atoms with Crippen molar-refractivity contribution in [1.29, 1.82) is 0 Å². The molecular formula is C17H19FIN3O5. The molecule has 1 heterocycles. The molecule has 2 rings (SSSR count). The third kappa shape index (κ3) is 5.25. The van der Waals surface area contributed by atoms with E-state index in [1.54, 1.807) is 13.1 Å². The molecule has 10 heteroatoms. The summed E-state index contributed by atoms with van der Waals surface area (Å²) in [7, 11) is 1.54. The average Bonchev–Trinajstić information content (AvgIpc) is 2.94. The number of Topliss-reactive ketones (excluding diaryl/α,β-unsaturated/α-hetero) is 1. The highest BCUT2D eigenvalue weighted by Gasteiger charge is 2.23. The molecule has 4 N–H and O–H groups in total. The van der Waals surface area contributed by atoms with Gasteiger partial charge in [0.05, 0.1) is 36.8 Å². The summed E-state index contributed by atoms with van der Waals surface area (Å²) in [6.45, 7) is -0.725. The van der Waals surface area contributed by atoms with Crippen LogP contribution in [-0.2, 0) is 11.9 Å². The number of anilines is 2. The zero-order valence-electron chi connectivity index (χ0n) is 14.5. The van der Waals surface area contributed by atoms with Crippen LogP contribution in [0.15, 0.2) is 24.3 Å². The number of carbonyl (C=O) groups is 2. The summed E-state index contributed by atoms with van der Waals surface area (Å²) in [6, 6.07) is 5.87. The highest BCUT2D eigenvalue weighted by atomic mass is 127. The Labute approximate surface area is 168 Å². The van der Waals surface area contributed by atoms with Crippen LogP contribution in [0.5, 0.6) is 0 Å². The fourth-order valence-corrected chi connectivity index (χ4v) is 2.81. The second kappa shape index (κ2) is 9.78. The van der Waals surface area contributed by atoms with E-state index >= 15 is 0 Å². The van der Waals surface area contributed by atoms with Crippen LogP contribution in [0.1, 0.15) is 27.3 Å². The first-order valence-corrected chi connectivity index (χ1v) is 9.05. The molecule has 0 saturated heterocycles. The van der Waals surface area contributed by atoms with Gasteiger partial charge in [-0.15, -0.1) is 0 Å². The van der Waals surface area contributed by atoms with E-state index in [0.717, 1.165) is 0 Å². The SMILES string of the molecule is Cn1c(C(=O)CCO)cc(C(=O)NOCCO)c1Nc1ccc(I)cc1F. The summed E-state index contributed by atoms with van der Waals surface area (Å²) >= 11 is 1.98. The van der Waals surface area contributed by atoms with Gasteiger partial charge in [0.2, 0.25) is 0 Å². The van der Waals surface area contributed by atoms with E-state index in [0.29, 0.717) is 3.57 Å². The van der Waals surface area contributed by atoms with E-state index in [-0.39, 0.29) is 54.8 Å². The van der Waals surface area contributed by atoms with E-state index < -0.39 is 11.7 Å². The summed E-state index contributed by atoms with van der Waals surface area (Å²) in [6.07, 6.45) is -0.114. The number of benzene rings is 1. The fraction of sp³-hybridized carbons (Fsp3) is 0.294. The zero-order valence-corrected chi connectivity index (χ0v) is 16.6. The molecule has 0 fully saturated rings. The highest BCUT2D eigenvalue weighted by Crippen LogP contribution is 2.27. The van der Waals surface area contributed by atoms with Gasteiger partial charge in [-0.3, -0.25) is 14.4 Å². The van der Waals surface area contributed by atoms with E-state index in [4.69, 9.17) is 15.1 Å². The summed E-state index contributed by atoms with van der Waals surface area (Å²) in [5.74, 6) is -1.38. The van der Waals surface area contributed by atoms with Crippen molar-refractivity contribution in [3.63, 3.8) is 0 Å². The summed E-state index contributed by atoms with van der Waals surface area (Å²) in [4.78, 5) is 29.4. The highest BCUT2D eigenvalue weighted by molar-refractivity contribution is 14.1. The Balaban J connectivity index is 2.42. The minimum absolute atomic E-state index is 0.0506. The molecule has 0 saturated carbocycles. The number of hydrogen-bond acceptors (Lipinski definition) is 6. The molecule has 0 aliphatic rings. The summed E-state index contributed by atoms with van der Waals surface area (Å²) in [5.41, 5.74) is 2.50. The van der Waals surface area contributed by atoms with Crippen LogP contribution in [0.25, 0.3) is 0 Å². The van der Waals surface area contributed by atoms with E-state index in [9.17, 15) is 14.0 Å². The molecule has 146 valence electrons.